The topological polar surface area (TPSA) is 103 Å². The maximum atomic E-state index is 15.5. The number of halogens is 4. The molecule has 13 heteroatoms. The monoisotopic (exact) mass is 674 g/mol. The average molecular weight is 675 g/mol. The zero-order valence-corrected chi connectivity index (χ0v) is 27.7. The number of amides is 1. The van der Waals surface area contributed by atoms with Crippen molar-refractivity contribution in [2.45, 2.75) is 77.2 Å². The van der Waals surface area contributed by atoms with E-state index < -0.39 is 29.0 Å². The largest absolute Gasteiger partial charge is 0.416 e. The predicted octanol–water partition coefficient (Wildman–Crippen LogP) is 7.73. The van der Waals surface area contributed by atoms with Gasteiger partial charge in [-0.25, -0.2) is 9.37 Å². The lowest BCUT2D eigenvalue weighted by Gasteiger charge is -2.26. The molecule has 0 atom stereocenters. The highest BCUT2D eigenvalue weighted by molar-refractivity contribution is 6.10. The lowest BCUT2D eigenvalue weighted by Crippen LogP contribution is -2.29. The van der Waals surface area contributed by atoms with Gasteiger partial charge in [0.2, 0.25) is 0 Å². The molecule has 4 aromatic rings. The first-order chi connectivity index (χ1) is 23.5. The highest BCUT2D eigenvalue weighted by Gasteiger charge is 2.43. The van der Waals surface area contributed by atoms with Crippen molar-refractivity contribution in [3.63, 3.8) is 0 Å². The molecule has 2 aromatic carbocycles. The Bertz CT molecular complexity index is 1900. The summed E-state index contributed by atoms with van der Waals surface area (Å²) in [6.45, 7) is 6.30. The Hall–Kier alpha value is -4.83. The van der Waals surface area contributed by atoms with Crippen molar-refractivity contribution in [1.29, 1.82) is 5.26 Å². The maximum Gasteiger partial charge on any atom is 0.416 e. The minimum Gasteiger partial charge on any atom is -0.364 e. The summed E-state index contributed by atoms with van der Waals surface area (Å²) in [5.74, 6) is -0.129. The Morgan fingerprint density at radius 1 is 1.00 bits per heavy atom. The number of pyridine rings is 1. The van der Waals surface area contributed by atoms with Gasteiger partial charge in [0, 0.05) is 30.3 Å². The lowest BCUT2D eigenvalue weighted by molar-refractivity contribution is -0.137. The second kappa shape index (κ2) is 13.6. The van der Waals surface area contributed by atoms with E-state index in [1.807, 2.05) is 13.8 Å². The molecule has 1 N–H and O–H groups in total. The molecule has 1 aliphatic carbocycles. The number of piperidine rings is 1. The van der Waals surface area contributed by atoms with Gasteiger partial charge in [0.1, 0.15) is 23.8 Å². The van der Waals surface area contributed by atoms with Gasteiger partial charge >= 0.3 is 6.18 Å². The van der Waals surface area contributed by atoms with Gasteiger partial charge in [-0.05, 0) is 97.9 Å². The van der Waals surface area contributed by atoms with E-state index in [-0.39, 0.29) is 35.5 Å². The molecule has 2 aliphatic heterocycles. The summed E-state index contributed by atoms with van der Waals surface area (Å²) < 4.78 is 59.1. The number of carbonyl (C=O) groups is 1. The fourth-order valence-corrected chi connectivity index (χ4v) is 6.55. The minimum absolute atomic E-state index is 0.0814. The van der Waals surface area contributed by atoms with Gasteiger partial charge in [0.25, 0.3) is 5.91 Å². The average Bonchev–Trinajstić information content (AvgIpc) is 3.55. The van der Waals surface area contributed by atoms with Gasteiger partial charge in [-0.15, -0.1) is 10.2 Å². The summed E-state index contributed by atoms with van der Waals surface area (Å²) in [6, 6.07) is 11.9. The highest BCUT2D eigenvalue weighted by Crippen LogP contribution is 2.44. The van der Waals surface area contributed by atoms with Crippen LogP contribution in [0.1, 0.15) is 79.4 Å². The Balaban J connectivity index is 0.00000205. The van der Waals surface area contributed by atoms with Crippen molar-refractivity contribution < 1.29 is 22.4 Å². The van der Waals surface area contributed by atoms with E-state index in [1.54, 1.807) is 29.8 Å². The number of nitriles is 1. The maximum absolute atomic E-state index is 15.5. The molecule has 49 heavy (non-hydrogen) atoms. The normalized spacial score (nSPS) is 16.9. The second-order valence-corrected chi connectivity index (χ2v) is 12.7. The van der Waals surface area contributed by atoms with Crippen LogP contribution in [0.25, 0.3) is 22.5 Å². The first kappa shape index (κ1) is 34.0. The SMILES string of the molecule is CC.Cn1cnnc1-c1ccc(C(F)(F)F)cc1-c1cc(NC2(CC#N)CC2)nc(N2Cc3c(F)cc(CN4CCCCC4)cc3C2=O)c1. The smallest absolute Gasteiger partial charge is 0.364 e. The van der Waals surface area contributed by atoms with Crippen molar-refractivity contribution in [3.05, 3.63) is 76.9 Å². The molecule has 0 spiro atoms. The number of carbonyl (C=O) groups excluding carboxylic acids is 1. The van der Waals surface area contributed by atoms with E-state index in [4.69, 9.17) is 4.98 Å². The summed E-state index contributed by atoms with van der Waals surface area (Å²) in [7, 11) is 1.69. The zero-order chi connectivity index (χ0) is 34.9. The molecule has 2 aromatic heterocycles. The number of anilines is 2. The van der Waals surface area contributed by atoms with E-state index in [2.05, 4.69) is 26.5 Å². The van der Waals surface area contributed by atoms with Crippen LogP contribution in [0.3, 0.4) is 0 Å². The number of aromatic nitrogens is 4. The lowest BCUT2D eigenvalue weighted by atomic mass is 9.96. The first-order valence-electron chi connectivity index (χ1n) is 16.6. The predicted molar refractivity (Wildman–Crippen MR) is 178 cm³/mol. The van der Waals surface area contributed by atoms with E-state index in [1.165, 1.54) is 29.8 Å². The second-order valence-electron chi connectivity index (χ2n) is 12.7. The van der Waals surface area contributed by atoms with Gasteiger partial charge in [-0.1, -0.05) is 20.3 Å². The number of aryl methyl sites for hydroxylation is 1. The fraction of sp³-hybridized carbons (Fsp3) is 0.417. The summed E-state index contributed by atoms with van der Waals surface area (Å²) in [4.78, 5) is 22.2. The van der Waals surface area contributed by atoms with Crippen molar-refractivity contribution in [2.24, 2.45) is 7.05 Å². The molecular weight excluding hydrogens is 636 g/mol. The van der Waals surface area contributed by atoms with Crippen LogP contribution >= 0.6 is 0 Å². The third kappa shape index (κ3) is 7.01. The van der Waals surface area contributed by atoms with E-state index in [9.17, 15) is 23.2 Å². The van der Waals surface area contributed by atoms with Crippen molar-refractivity contribution in [2.75, 3.05) is 23.3 Å². The van der Waals surface area contributed by atoms with Crippen LogP contribution in [0, 0.1) is 17.1 Å². The molecule has 3 aliphatic rings. The van der Waals surface area contributed by atoms with Gasteiger partial charge in [-0.3, -0.25) is 14.6 Å². The van der Waals surface area contributed by atoms with Crippen molar-refractivity contribution in [1.82, 2.24) is 24.6 Å². The Kier molecular flexibility index (Phi) is 9.44. The number of nitrogens with zero attached hydrogens (tertiary/aromatic N) is 7. The Morgan fingerprint density at radius 2 is 1.76 bits per heavy atom. The highest BCUT2D eigenvalue weighted by atomic mass is 19.4. The molecule has 0 bridgehead atoms. The zero-order valence-electron chi connectivity index (χ0n) is 27.7. The fourth-order valence-electron chi connectivity index (χ4n) is 6.55. The molecule has 1 saturated heterocycles. The molecule has 2 fully saturated rings. The van der Waals surface area contributed by atoms with Crippen molar-refractivity contribution >= 4 is 17.5 Å². The molecule has 0 unspecified atom stereocenters. The number of likely N-dealkylation sites (tertiary alicyclic amines) is 1. The molecule has 1 amide bonds. The first-order valence-corrected chi connectivity index (χ1v) is 16.6. The van der Waals surface area contributed by atoms with Gasteiger partial charge in [0.15, 0.2) is 5.82 Å². The molecular formula is C36H38F4N8O. The molecule has 4 heterocycles. The number of nitrogens with one attached hydrogen (secondary N) is 1. The Morgan fingerprint density at radius 3 is 2.41 bits per heavy atom. The Labute approximate surface area is 282 Å². The summed E-state index contributed by atoms with van der Waals surface area (Å²) in [6.07, 6.45) is 1.81. The standard InChI is InChI=1S/C34H32F4N8O.C2H6/c1-44-20-40-43-31(44)24-6-5-23(34(36,37)38)17-25(24)22-15-29(42-33(7-8-33)9-10-39)41-30(16-22)46-19-27-26(32(46)47)13-21(14-28(27)35)18-45-11-3-2-4-12-45;1-2/h5-6,13-17,20H,2-4,7-9,11-12,18-19H2,1H3,(H,41,42);1-2H3. The molecule has 7 rings (SSSR count). The number of alkyl halides is 3. The van der Waals surface area contributed by atoms with Crippen LogP contribution in [-0.4, -0.2) is 49.2 Å². The van der Waals surface area contributed by atoms with E-state index in [0.29, 0.717) is 47.7 Å². The number of hydrogen-bond donors (Lipinski definition) is 1. The molecule has 256 valence electrons. The summed E-state index contributed by atoms with van der Waals surface area (Å²) in [5.41, 5.74) is 0.766. The van der Waals surface area contributed by atoms with E-state index >= 15 is 4.39 Å². The number of fused-ring (bicyclic) bond motifs is 1. The van der Waals surface area contributed by atoms with Crippen LogP contribution in [0.2, 0.25) is 0 Å². The van der Waals surface area contributed by atoms with Crippen LogP contribution in [0.15, 0.2) is 48.8 Å². The number of hydrogen-bond acceptors (Lipinski definition) is 7. The summed E-state index contributed by atoms with van der Waals surface area (Å²) >= 11 is 0. The summed E-state index contributed by atoms with van der Waals surface area (Å²) in [5, 5.41) is 20.8. The van der Waals surface area contributed by atoms with Crippen LogP contribution in [0.5, 0.6) is 0 Å². The quantitative estimate of drug-likeness (QED) is 0.191. The van der Waals surface area contributed by atoms with Crippen molar-refractivity contribution in [3.8, 4) is 28.6 Å². The van der Waals surface area contributed by atoms with Gasteiger partial charge in [-0.2, -0.15) is 18.4 Å². The number of benzene rings is 2. The van der Waals surface area contributed by atoms with Crippen LogP contribution in [-0.2, 0) is 26.3 Å². The molecule has 1 saturated carbocycles. The number of rotatable bonds is 8. The van der Waals surface area contributed by atoms with Crippen LogP contribution < -0.4 is 10.2 Å². The van der Waals surface area contributed by atoms with Crippen LogP contribution in [0.4, 0.5) is 29.2 Å². The molecule has 9 nitrogen and oxygen atoms in total. The third-order valence-electron chi connectivity index (χ3n) is 9.26. The van der Waals surface area contributed by atoms with E-state index in [0.717, 1.165) is 38.1 Å². The third-order valence-corrected chi connectivity index (χ3v) is 9.26. The molecule has 0 radical (unpaired) electrons. The minimum atomic E-state index is -4.62. The van der Waals surface area contributed by atoms with Gasteiger partial charge in [0.05, 0.1) is 30.1 Å². The van der Waals surface area contributed by atoms with Gasteiger partial charge < -0.3 is 9.88 Å².